The lowest BCUT2D eigenvalue weighted by Crippen LogP contribution is -2.54. The summed E-state index contributed by atoms with van der Waals surface area (Å²) >= 11 is 0. The molecule has 0 aliphatic carbocycles. The van der Waals surface area contributed by atoms with Crippen LogP contribution in [0.3, 0.4) is 0 Å². The first-order valence-electron chi connectivity index (χ1n) is 9.13. The number of aliphatic hydroxyl groups excluding tert-OH is 1. The second kappa shape index (κ2) is 7.09. The molecule has 0 radical (unpaired) electrons. The summed E-state index contributed by atoms with van der Waals surface area (Å²) in [6.07, 6.45) is 3.85. The minimum absolute atomic E-state index is 0.0452. The van der Waals surface area contributed by atoms with Crippen LogP contribution in [0, 0.1) is 5.41 Å². The molecule has 0 aromatic carbocycles. The molecule has 0 unspecified atom stereocenters. The maximum Gasteiger partial charge on any atom is 0.222 e. The molecule has 1 amide bonds. The summed E-state index contributed by atoms with van der Waals surface area (Å²) in [5.74, 6) is 1.67. The van der Waals surface area contributed by atoms with Gasteiger partial charge < -0.3 is 14.9 Å². The summed E-state index contributed by atoms with van der Waals surface area (Å²) < 4.78 is 0. The number of aliphatic hydroxyl groups is 1. The number of β-amino-alcohol motifs (C(OH)–C–C–N with tert-alkyl or cyclic N) is 1. The molecule has 1 N–H and O–H groups in total. The van der Waals surface area contributed by atoms with Gasteiger partial charge in [0.15, 0.2) is 0 Å². The Bertz CT molecular complexity index is 590. The van der Waals surface area contributed by atoms with E-state index in [4.69, 9.17) is 4.98 Å². The number of nitrogens with zero attached hydrogens (tertiary/aromatic N) is 3. The van der Waals surface area contributed by atoms with E-state index in [1.165, 1.54) is 0 Å². The van der Waals surface area contributed by atoms with Gasteiger partial charge in [-0.1, -0.05) is 19.9 Å². The second-order valence-electron chi connectivity index (χ2n) is 7.64. The van der Waals surface area contributed by atoms with Gasteiger partial charge in [0, 0.05) is 43.7 Å². The Labute approximate surface area is 144 Å². The van der Waals surface area contributed by atoms with Gasteiger partial charge in [0.1, 0.15) is 5.82 Å². The zero-order chi connectivity index (χ0) is 17.2. The van der Waals surface area contributed by atoms with E-state index in [1.54, 1.807) is 0 Å². The highest BCUT2D eigenvalue weighted by molar-refractivity contribution is 5.77. The van der Waals surface area contributed by atoms with Crippen molar-refractivity contribution >= 4 is 11.7 Å². The van der Waals surface area contributed by atoms with Gasteiger partial charge in [0.05, 0.1) is 6.61 Å². The van der Waals surface area contributed by atoms with Crippen molar-refractivity contribution in [3.8, 4) is 0 Å². The molecule has 1 aromatic rings. The summed E-state index contributed by atoms with van der Waals surface area (Å²) in [5.41, 5.74) is 1.28. The molecule has 24 heavy (non-hydrogen) atoms. The van der Waals surface area contributed by atoms with Crippen molar-refractivity contribution in [2.45, 2.75) is 45.4 Å². The molecule has 3 rings (SSSR count). The third kappa shape index (κ3) is 3.56. The van der Waals surface area contributed by atoms with Crippen LogP contribution < -0.4 is 4.90 Å². The molecular weight excluding hydrogens is 302 g/mol. The lowest BCUT2D eigenvalue weighted by atomic mass is 9.73. The van der Waals surface area contributed by atoms with Crippen LogP contribution in [0.2, 0.25) is 0 Å². The highest BCUT2D eigenvalue weighted by Gasteiger charge is 2.41. The fourth-order valence-corrected chi connectivity index (χ4v) is 4.10. The van der Waals surface area contributed by atoms with E-state index in [0.717, 1.165) is 50.4 Å². The van der Waals surface area contributed by atoms with Crippen LogP contribution in [0.5, 0.6) is 0 Å². The molecule has 1 atom stereocenters. The number of anilines is 1. The molecule has 2 saturated heterocycles. The largest absolute Gasteiger partial charge is 0.395 e. The Hall–Kier alpha value is -1.62. The minimum Gasteiger partial charge on any atom is -0.395 e. The van der Waals surface area contributed by atoms with Crippen molar-refractivity contribution in [2.75, 3.05) is 37.7 Å². The minimum atomic E-state index is 0.0452. The molecule has 2 aliphatic rings. The number of hydrogen-bond acceptors (Lipinski definition) is 4. The SMILES string of the molecule is CC(C)c1cccc(N2CCC[C@]3(CCC(=O)N(CCO)C3)C2)n1. The Morgan fingerprint density at radius 3 is 2.88 bits per heavy atom. The number of pyridine rings is 1. The molecule has 132 valence electrons. The number of rotatable bonds is 4. The zero-order valence-corrected chi connectivity index (χ0v) is 14.9. The Morgan fingerprint density at radius 1 is 1.29 bits per heavy atom. The molecule has 5 heteroatoms. The van der Waals surface area contributed by atoms with E-state index in [9.17, 15) is 9.90 Å². The predicted molar refractivity (Wildman–Crippen MR) is 95.1 cm³/mol. The molecule has 3 heterocycles. The van der Waals surface area contributed by atoms with E-state index in [0.29, 0.717) is 18.9 Å². The number of carbonyl (C=O) groups is 1. The predicted octanol–water partition coefficient (Wildman–Crippen LogP) is 2.41. The smallest absolute Gasteiger partial charge is 0.222 e. The van der Waals surface area contributed by atoms with Crippen LogP contribution in [0.15, 0.2) is 18.2 Å². The van der Waals surface area contributed by atoms with E-state index >= 15 is 0 Å². The molecule has 2 fully saturated rings. The standard InChI is InChI=1S/C19H29N3O2/c1-15(2)16-5-3-6-17(20-16)21-10-4-8-19(13-21)9-7-18(24)22(14-19)11-12-23/h3,5-6,15,23H,4,7-14H2,1-2H3/t19-/m0/s1. The molecule has 1 aromatic heterocycles. The first-order valence-corrected chi connectivity index (χ1v) is 9.13. The van der Waals surface area contributed by atoms with Gasteiger partial charge in [-0.05, 0) is 37.3 Å². The lowest BCUT2D eigenvalue weighted by Gasteiger charge is -2.48. The van der Waals surface area contributed by atoms with Crippen LogP contribution in [-0.4, -0.2) is 53.7 Å². The van der Waals surface area contributed by atoms with Crippen molar-refractivity contribution in [1.82, 2.24) is 9.88 Å². The topological polar surface area (TPSA) is 56.7 Å². The summed E-state index contributed by atoms with van der Waals surface area (Å²) in [6, 6.07) is 6.29. The maximum atomic E-state index is 12.1. The van der Waals surface area contributed by atoms with Gasteiger partial charge in [0.25, 0.3) is 0 Å². The average molecular weight is 331 g/mol. The normalized spacial score (nSPS) is 24.9. The van der Waals surface area contributed by atoms with Crippen molar-refractivity contribution in [3.63, 3.8) is 0 Å². The lowest BCUT2D eigenvalue weighted by molar-refractivity contribution is -0.138. The second-order valence-corrected chi connectivity index (χ2v) is 7.64. The fraction of sp³-hybridized carbons (Fsp3) is 0.684. The highest BCUT2D eigenvalue weighted by Crippen LogP contribution is 2.39. The fourth-order valence-electron chi connectivity index (χ4n) is 4.10. The quantitative estimate of drug-likeness (QED) is 0.920. The zero-order valence-electron chi connectivity index (χ0n) is 14.9. The number of piperidine rings is 2. The van der Waals surface area contributed by atoms with E-state index in [1.807, 2.05) is 4.90 Å². The Kier molecular flexibility index (Phi) is 5.09. The molecule has 1 spiro atoms. The monoisotopic (exact) mass is 331 g/mol. The van der Waals surface area contributed by atoms with Crippen molar-refractivity contribution < 1.29 is 9.90 Å². The van der Waals surface area contributed by atoms with Crippen LogP contribution >= 0.6 is 0 Å². The van der Waals surface area contributed by atoms with E-state index < -0.39 is 0 Å². The molecule has 0 bridgehead atoms. The van der Waals surface area contributed by atoms with Crippen molar-refractivity contribution in [1.29, 1.82) is 0 Å². The van der Waals surface area contributed by atoms with E-state index in [-0.39, 0.29) is 17.9 Å². The average Bonchev–Trinajstić information content (AvgIpc) is 2.59. The first-order chi connectivity index (χ1) is 11.5. The molecular formula is C19H29N3O2. The summed E-state index contributed by atoms with van der Waals surface area (Å²) in [4.78, 5) is 21.2. The van der Waals surface area contributed by atoms with Crippen LogP contribution in [-0.2, 0) is 4.79 Å². The third-order valence-corrected chi connectivity index (χ3v) is 5.45. The Morgan fingerprint density at radius 2 is 2.12 bits per heavy atom. The summed E-state index contributed by atoms with van der Waals surface area (Å²) in [7, 11) is 0. The van der Waals surface area contributed by atoms with Crippen molar-refractivity contribution in [3.05, 3.63) is 23.9 Å². The van der Waals surface area contributed by atoms with Crippen LogP contribution in [0.25, 0.3) is 0 Å². The van der Waals surface area contributed by atoms with Gasteiger partial charge in [-0.3, -0.25) is 4.79 Å². The molecule has 0 saturated carbocycles. The van der Waals surface area contributed by atoms with Gasteiger partial charge in [-0.15, -0.1) is 0 Å². The first kappa shape index (κ1) is 17.2. The number of likely N-dealkylation sites (tertiary alicyclic amines) is 1. The molecule has 5 nitrogen and oxygen atoms in total. The maximum absolute atomic E-state index is 12.1. The van der Waals surface area contributed by atoms with Crippen LogP contribution in [0.1, 0.15) is 51.1 Å². The van der Waals surface area contributed by atoms with Gasteiger partial charge in [-0.25, -0.2) is 4.98 Å². The van der Waals surface area contributed by atoms with Gasteiger partial charge >= 0.3 is 0 Å². The number of amides is 1. The van der Waals surface area contributed by atoms with Crippen LogP contribution in [0.4, 0.5) is 5.82 Å². The Balaban J connectivity index is 1.76. The number of carbonyl (C=O) groups excluding carboxylic acids is 1. The third-order valence-electron chi connectivity index (χ3n) is 5.45. The van der Waals surface area contributed by atoms with Crippen molar-refractivity contribution in [2.24, 2.45) is 5.41 Å². The van der Waals surface area contributed by atoms with Gasteiger partial charge in [-0.2, -0.15) is 0 Å². The number of aromatic nitrogens is 1. The summed E-state index contributed by atoms with van der Waals surface area (Å²) in [5, 5.41) is 9.22. The number of hydrogen-bond donors (Lipinski definition) is 1. The van der Waals surface area contributed by atoms with Gasteiger partial charge in [0.2, 0.25) is 5.91 Å². The van der Waals surface area contributed by atoms with E-state index in [2.05, 4.69) is 36.9 Å². The highest BCUT2D eigenvalue weighted by atomic mass is 16.3. The molecule has 2 aliphatic heterocycles. The summed E-state index contributed by atoms with van der Waals surface area (Å²) in [6.45, 7) is 7.60.